The number of carbonyl (C=O) groups is 1. The van der Waals surface area contributed by atoms with Gasteiger partial charge in [-0.25, -0.2) is 14.4 Å². The molecular formula is C26H25FN8O2. The van der Waals surface area contributed by atoms with Crippen LogP contribution in [0.4, 0.5) is 10.3 Å². The molecule has 0 unspecified atom stereocenters. The lowest BCUT2D eigenvalue weighted by atomic mass is 10.0. The van der Waals surface area contributed by atoms with Crippen LogP contribution >= 0.6 is 0 Å². The van der Waals surface area contributed by atoms with Crippen LogP contribution < -0.4 is 10.1 Å². The average molecular weight is 501 g/mol. The van der Waals surface area contributed by atoms with Crippen molar-refractivity contribution in [1.82, 2.24) is 33.9 Å². The molecule has 11 heteroatoms. The molecule has 0 bridgehead atoms. The van der Waals surface area contributed by atoms with E-state index in [0.717, 1.165) is 33.8 Å². The Balaban J connectivity index is 1.37. The van der Waals surface area contributed by atoms with Crippen LogP contribution in [0.1, 0.15) is 22.5 Å². The lowest BCUT2D eigenvalue weighted by molar-refractivity contribution is -0.128. The van der Waals surface area contributed by atoms with Gasteiger partial charge in [0.25, 0.3) is 0 Å². The van der Waals surface area contributed by atoms with Crippen molar-refractivity contribution >= 4 is 23.1 Å². The summed E-state index contributed by atoms with van der Waals surface area (Å²) in [6.45, 7) is 2.78. The van der Waals surface area contributed by atoms with Crippen LogP contribution in [0.5, 0.6) is 5.75 Å². The minimum atomic E-state index is -0.279. The van der Waals surface area contributed by atoms with E-state index in [4.69, 9.17) is 4.74 Å². The minimum Gasteiger partial charge on any atom is -0.493 e. The molecule has 37 heavy (non-hydrogen) atoms. The van der Waals surface area contributed by atoms with Crippen LogP contribution in [-0.4, -0.2) is 60.5 Å². The molecular weight excluding hydrogens is 475 g/mol. The molecule has 0 fully saturated rings. The van der Waals surface area contributed by atoms with Gasteiger partial charge in [-0.05, 0) is 31.2 Å². The zero-order chi connectivity index (χ0) is 25.7. The molecule has 4 aromatic heterocycles. The number of ether oxygens (including phenoxy) is 1. The van der Waals surface area contributed by atoms with Crippen molar-refractivity contribution in [1.29, 1.82) is 0 Å². The van der Waals surface area contributed by atoms with Crippen molar-refractivity contribution in [3.8, 4) is 16.9 Å². The number of imidazole rings is 1. The summed E-state index contributed by atoms with van der Waals surface area (Å²) in [6.07, 6.45) is 5.93. The maximum absolute atomic E-state index is 14.6. The predicted octanol–water partition coefficient (Wildman–Crippen LogP) is 3.06. The number of nitrogens with one attached hydrogen (secondary N) is 1. The standard InChI is InChI=1S/C26H25FN8O2/c1-15-4-5-18(24-28-11-16(35(15)24)10-23(36)33(2)3)20-13-30-26(34-14-31-32-25(20)34)29-12-19-17-8-9-37-22(17)7-6-21(19)27/h4-7,11,13-14H,8-10,12H2,1-3H3,(H,29,30). The van der Waals surface area contributed by atoms with Crippen LogP contribution in [0.2, 0.25) is 0 Å². The lowest BCUT2D eigenvalue weighted by Crippen LogP contribution is -2.24. The van der Waals surface area contributed by atoms with Crippen LogP contribution in [-0.2, 0) is 24.2 Å². The van der Waals surface area contributed by atoms with Crippen molar-refractivity contribution in [2.75, 3.05) is 26.0 Å². The number of rotatable bonds is 6. The molecule has 5 heterocycles. The second kappa shape index (κ2) is 8.84. The Labute approximate surface area is 211 Å². The van der Waals surface area contributed by atoms with Crippen LogP contribution in [0.25, 0.3) is 22.4 Å². The quantitative estimate of drug-likeness (QED) is 0.382. The maximum atomic E-state index is 14.6. The number of carbonyl (C=O) groups excluding carboxylic acids is 1. The topological polar surface area (TPSA) is 102 Å². The smallest absolute Gasteiger partial charge is 0.228 e. The second-order valence-corrected chi connectivity index (χ2v) is 9.24. The fraction of sp³-hybridized carbons (Fsp3) is 0.269. The lowest BCUT2D eigenvalue weighted by Gasteiger charge is -2.14. The third-order valence-corrected chi connectivity index (χ3v) is 6.74. The summed E-state index contributed by atoms with van der Waals surface area (Å²) < 4.78 is 23.9. The summed E-state index contributed by atoms with van der Waals surface area (Å²) in [7, 11) is 3.47. The molecule has 1 aliphatic heterocycles. The van der Waals surface area contributed by atoms with E-state index in [1.54, 1.807) is 48.2 Å². The third-order valence-electron chi connectivity index (χ3n) is 6.74. The van der Waals surface area contributed by atoms with E-state index in [1.165, 1.54) is 6.07 Å². The molecule has 5 aromatic rings. The number of likely N-dealkylation sites (N-methyl/N-ethyl adjacent to an activating group) is 1. The summed E-state index contributed by atoms with van der Waals surface area (Å²) in [5.41, 5.74) is 6.06. The van der Waals surface area contributed by atoms with Gasteiger partial charge in [-0.2, -0.15) is 0 Å². The molecule has 1 aromatic carbocycles. The highest BCUT2D eigenvalue weighted by atomic mass is 19.1. The Kier molecular flexibility index (Phi) is 5.47. The van der Waals surface area contributed by atoms with Gasteiger partial charge in [-0.1, -0.05) is 0 Å². The average Bonchev–Trinajstić information content (AvgIpc) is 3.64. The molecule has 0 aliphatic carbocycles. The zero-order valence-electron chi connectivity index (χ0n) is 20.7. The number of aromatic nitrogens is 6. The van der Waals surface area contributed by atoms with Gasteiger partial charge < -0.3 is 19.4 Å². The van der Waals surface area contributed by atoms with Gasteiger partial charge in [-0.3, -0.25) is 9.20 Å². The first-order valence-electron chi connectivity index (χ1n) is 11.9. The van der Waals surface area contributed by atoms with Gasteiger partial charge in [-0.15, -0.1) is 10.2 Å². The summed E-state index contributed by atoms with van der Waals surface area (Å²) in [5, 5.41) is 11.7. The van der Waals surface area contributed by atoms with Crippen LogP contribution in [0, 0.1) is 12.7 Å². The van der Waals surface area contributed by atoms with Gasteiger partial charge in [0.1, 0.15) is 23.5 Å². The molecule has 0 atom stereocenters. The Morgan fingerprint density at radius 2 is 2.00 bits per heavy atom. The van der Waals surface area contributed by atoms with E-state index in [0.29, 0.717) is 35.8 Å². The monoisotopic (exact) mass is 500 g/mol. The number of anilines is 1. The molecule has 0 saturated heterocycles. The van der Waals surface area contributed by atoms with Gasteiger partial charge in [0.05, 0.1) is 18.7 Å². The number of hydrogen-bond donors (Lipinski definition) is 1. The normalized spacial score (nSPS) is 12.6. The fourth-order valence-corrected chi connectivity index (χ4v) is 4.79. The van der Waals surface area contributed by atoms with Crippen molar-refractivity contribution < 1.29 is 13.9 Å². The number of fused-ring (bicyclic) bond motifs is 3. The van der Waals surface area contributed by atoms with Gasteiger partial charge in [0.2, 0.25) is 11.9 Å². The highest BCUT2D eigenvalue weighted by Gasteiger charge is 2.21. The number of halogens is 1. The largest absolute Gasteiger partial charge is 0.493 e. The second-order valence-electron chi connectivity index (χ2n) is 9.24. The molecule has 0 saturated carbocycles. The summed E-state index contributed by atoms with van der Waals surface area (Å²) in [5.74, 6) is 0.933. The molecule has 1 N–H and O–H groups in total. The fourth-order valence-electron chi connectivity index (χ4n) is 4.79. The Morgan fingerprint density at radius 1 is 1.14 bits per heavy atom. The van der Waals surface area contributed by atoms with Crippen molar-refractivity contribution in [2.24, 2.45) is 0 Å². The van der Waals surface area contributed by atoms with Crippen LogP contribution in [0.15, 0.2) is 43.0 Å². The first-order valence-corrected chi connectivity index (χ1v) is 11.9. The predicted molar refractivity (Wildman–Crippen MR) is 135 cm³/mol. The van der Waals surface area contributed by atoms with E-state index in [9.17, 15) is 9.18 Å². The molecule has 1 amide bonds. The molecule has 0 radical (unpaired) electrons. The molecule has 0 spiro atoms. The highest BCUT2D eigenvalue weighted by molar-refractivity contribution is 5.87. The number of amides is 1. The van der Waals surface area contributed by atoms with Crippen molar-refractivity contribution in [3.05, 3.63) is 71.3 Å². The number of nitrogens with zero attached hydrogens (tertiary/aromatic N) is 7. The zero-order valence-corrected chi connectivity index (χ0v) is 20.7. The van der Waals surface area contributed by atoms with E-state index >= 15 is 0 Å². The number of aryl methyl sites for hydroxylation is 1. The minimum absolute atomic E-state index is 0.00407. The number of benzene rings is 1. The summed E-state index contributed by atoms with van der Waals surface area (Å²) >= 11 is 0. The van der Waals surface area contributed by atoms with E-state index in [-0.39, 0.29) is 24.7 Å². The third kappa shape index (κ3) is 3.83. The maximum Gasteiger partial charge on any atom is 0.228 e. The Morgan fingerprint density at radius 3 is 2.84 bits per heavy atom. The van der Waals surface area contributed by atoms with Crippen molar-refractivity contribution in [3.63, 3.8) is 0 Å². The summed E-state index contributed by atoms with van der Waals surface area (Å²) in [6, 6.07) is 7.05. The van der Waals surface area contributed by atoms with E-state index < -0.39 is 0 Å². The number of hydrogen-bond acceptors (Lipinski definition) is 7. The van der Waals surface area contributed by atoms with Crippen molar-refractivity contribution in [2.45, 2.75) is 26.3 Å². The molecule has 6 rings (SSSR count). The van der Waals surface area contributed by atoms with E-state index in [1.807, 2.05) is 23.5 Å². The molecule has 10 nitrogen and oxygen atoms in total. The molecule has 188 valence electrons. The summed E-state index contributed by atoms with van der Waals surface area (Å²) in [4.78, 5) is 23.2. The van der Waals surface area contributed by atoms with Crippen LogP contribution in [0.3, 0.4) is 0 Å². The SMILES string of the molecule is Cc1ccc(-c2cnc(NCc3c(F)ccc4c3CCO4)n3cnnc23)c2ncc(CC(=O)N(C)C)n12. The Bertz CT molecular complexity index is 1670. The number of pyridine rings is 1. The molecule has 1 aliphatic rings. The van der Waals surface area contributed by atoms with Gasteiger partial charge in [0.15, 0.2) is 5.65 Å². The first kappa shape index (κ1) is 22.9. The van der Waals surface area contributed by atoms with E-state index in [2.05, 4.69) is 25.5 Å². The first-order chi connectivity index (χ1) is 17.9. The van der Waals surface area contributed by atoms with Gasteiger partial charge in [0, 0.05) is 67.4 Å². The van der Waals surface area contributed by atoms with Gasteiger partial charge >= 0.3 is 0 Å². The highest BCUT2D eigenvalue weighted by Crippen LogP contribution is 2.32. The Hall–Kier alpha value is -4.54.